The van der Waals surface area contributed by atoms with E-state index in [2.05, 4.69) is 69.0 Å². The molecule has 0 aliphatic heterocycles. The first-order valence-corrected chi connectivity index (χ1v) is 7.79. The summed E-state index contributed by atoms with van der Waals surface area (Å²) < 4.78 is 1.25. The Kier molecular flexibility index (Phi) is 5.23. The summed E-state index contributed by atoms with van der Waals surface area (Å²) in [5.74, 6) is 0.689. The Labute approximate surface area is 118 Å². The Balaban J connectivity index is 2.83. The number of hydrogen-bond donors (Lipinski definition) is 1. The van der Waals surface area contributed by atoms with Crippen molar-refractivity contribution in [2.45, 2.75) is 47.1 Å². The molecule has 98 valence electrons. The van der Waals surface area contributed by atoms with E-state index in [0.717, 1.165) is 0 Å². The Hall–Kier alpha value is 0.140. The first-order chi connectivity index (χ1) is 7.75. The zero-order chi connectivity index (χ0) is 13.2. The van der Waals surface area contributed by atoms with Crippen LogP contribution in [-0.2, 0) is 0 Å². The zero-order valence-corrected chi connectivity index (χ0v) is 14.1. The number of hydrogen-bond acceptors (Lipinski definition) is 2. The lowest BCUT2D eigenvalue weighted by Crippen LogP contribution is -2.25. The number of aryl methyl sites for hydroxylation is 1. The number of thiophene rings is 1. The van der Waals surface area contributed by atoms with Gasteiger partial charge < -0.3 is 5.32 Å². The summed E-state index contributed by atoms with van der Waals surface area (Å²) in [5, 5.41) is 3.46. The monoisotopic (exact) mass is 317 g/mol. The van der Waals surface area contributed by atoms with E-state index in [9.17, 15) is 0 Å². The van der Waals surface area contributed by atoms with Gasteiger partial charge in [-0.25, -0.2) is 0 Å². The molecule has 1 heterocycles. The Bertz CT molecular complexity index is 365. The van der Waals surface area contributed by atoms with Crippen LogP contribution in [-0.4, -0.2) is 7.05 Å². The molecule has 1 aromatic heterocycles. The predicted octanol–water partition coefficient (Wildman–Crippen LogP) is 5.15. The van der Waals surface area contributed by atoms with Crippen LogP contribution in [0.1, 0.15) is 49.9 Å². The average Bonchev–Trinajstić information content (AvgIpc) is 2.52. The molecule has 1 nitrogen and oxygen atoms in total. The van der Waals surface area contributed by atoms with E-state index in [0.29, 0.717) is 17.4 Å². The van der Waals surface area contributed by atoms with Crippen molar-refractivity contribution in [2.24, 2.45) is 11.3 Å². The highest BCUT2D eigenvalue weighted by Crippen LogP contribution is 2.38. The van der Waals surface area contributed by atoms with Gasteiger partial charge in [0, 0.05) is 20.3 Å². The molecular formula is C14H24BrNS. The van der Waals surface area contributed by atoms with E-state index in [1.165, 1.54) is 20.6 Å². The minimum absolute atomic E-state index is 0.369. The Morgan fingerprint density at radius 3 is 2.35 bits per heavy atom. The molecule has 0 saturated carbocycles. The van der Waals surface area contributed by atoms with Gasteiger partial charge in [0.1, 0.15) is 0 Å². The Morgan fingerprint density at radius 2 is 2.00 bits per heavy atom. The highest BCUT2D eigenvalue weighted by Gasteiger charge is 2.25. The highest BCUT2D eigenvalue weighted by molar-refractivity contribution is 9.10. The molecule has 1 N–H and O–H groups in total. The van der Waals surface area contributed by atoms with Crippen LogP contribution in [0.15, 0.2) is 10.5 Å². The van der Waals surface area contributed by atoms with E-state index >= 15 is 0 Å². The maximum Gasteiger partial charge on any atom is 0.0426 e. The molecule has 0 radical (unpaired) electrons. The van der Waals surface area contributed by atoms with Crippen LogP contribution in [0.25, 0.3) is 0 Å². The molecule has 0 spiro atoms. The third kappa shape index (κ3) is 4.08. The standard InChI is InChI=1S/C14H24BrNS/c1-9(14(3,4)5)7-12(16-6)13-11(15)8-10(2)17-13/h8-9,12,16H,7H2,1-6H3. The number of nitrogens with one attached hydrogen (secondary N) is 1. The molecule has 0 fully saturated rings. The fourth-order valence-electron chi connectivity index (χ4n) is 1.80. The van der Waals surface area contributed by atoms with Gasteiger partial charge in [-0.15, -0.1) is 11.3 Å². The second kappa shape index (κ2) is 5.85. The molecule has 1 rings (SSSR count). The lowest BCUT2D eigenvalue weighted by molar-refractivity contribution is 0.227. The molecule has 0 aliphatic rings. The summed E-state index contributed by atoms with van der Waals surface area (Å²) in [7, 11) is 2.06. The summed E-state index contributed by atoms with van der Waals surface area (Å²) in [6.45, 7) is 11.5. The third-order valence-corrected chi connectivity index (χ3v) is 5.65. The van der Waals surface area contributed by atoms with E-state index in [1.807, 2.05) is 11.3 Å². The molecule has 1 aromatic rings. The molecule has 0 amide bonds. The predicted molar refractivity (Wildman–Crippen MR) is 81.8 cm³/mol. The van der Waals surface area contributed by atoms with E-state index in [1.54, 1.807) is 0 Å². The maximum atomic E-state index is 3.67. The lowest BCUT2D eigenvalue weighted by atomic mass is 9.78. The van der Waals surface area contributed by atoms with Crippen LogP contribution in [0.5, 0.6) is 0 Å². The molecule has 2 atom stereocenters. The molecule has 0 saturated heterocycles. The topological polar surface area (TPSA) is 12.0 Å². The maximum absolute atomic E-state index is 3.67. The van der Waals surface area contributed by atoms with Gasteiger partial charge in [-0.1, -0.05) is 27.7 Å². The van der Waals surface area contributed by atoms with Crippen LogP contribution in [0.3, 0.4) is 0 Å². The van der Waals surface area contributed by atoms with Gasteiger partial charge in [0.15, 0.2) is 0 Å². The van der Waals surface area contributed by atoms with Gasteiger partial charge in [0.2, 0.25) is 0 Å². The van der Waals surface area contributed by atoms with Crippen molar-refractivity contribution in [2.75, 3.05) is 7.05 Å². The van der Waals surface area contributed by atoms with Gasteiger partial charge >= 0.3 is 0 Å². The summed E-state index contributed by atoms with van der Waals surface area (Å²) >= 11 is 5.56. The number of halogens is 1. The largest absolute Gasteiger partial charge is 0.312 e. The molecule has 0 aliphatic carbocycles. The van der Waals surface area contributed by atoms with Crippen LogP contribution in [0.4, 0.5) is 0 Å². The molecule has 3 heteroatoms. The van der Waals surface area contributed by atoms with Crippen molar-refractivity contribution in [3.63, 3.8) is 0 Å². The smallest absolute Gasteiger partial charge is 0.0426 e. The van der Waals surface area contributed by atoms with Gasteiger partial charge in [0.25, 0.3) is 0 Å². The number of rotatable bonds is 4. The van der Waals surface area contributed by atoms with Crippen LogP contribution < -0.4 is 5.32 Å². The second-order valence-electron chi connectivity index (χ2n) is 5.91. The first kappa shape index (κ1) is 15.2. The summed E-state index contributed by atoms with van der Waals surface area (Å²) in [4.78, 5) is 2.80. The van der Waals surface area contributed by atoms with Crippen molar-refractivity contribution in [1.29, 1.82) is 0 Å². The van der Waals surface area contributed by atoms with Gasteiger partial charge in [0.05, 0.1) is 0 Å². The van der Waals surface area contributed by atoms with Crippen molar-refractivity contribution in [1.82, 2.24) is 5.32 Å². The van der Waals surface area contributed by atoms with Gasteiger partial charge in [-0.2, -0.15) is 0 Å². The zero-order valence-electron chi connectivity index (χ0n) is 11.7. The van der Waals surface area contributed by atoms with Gasteiger partial charge in [-0.05, 0) is 53.7 Å². The average molecular weight is 318 g/mol. The molecule has 2 unspecified atom stereocenters. The van der Waals surface area contributed by atoms with E-state index < -0.39 is 0 Å². The fraction of sp³-hybridized carbons (Fsp3) is 0.714. The van der Waals surface area contributed by atoms with Crippen molar-refractivity contribution in [3.05, 3.63) is 20.3 Å². The van der Waals surface area contributed by atoms with Crippen LogP contribution >= 0.6 is 27.3 Å². The quantitative estimate of drug-likeness (QED) is 0.809. The minimum atomic E-state index is 0.369. The van der Waals surface area contributed by atoms with Crippen molar-refractivity contribution < 1.29 is 0 Å². The summed E-state index contributed by atoms with van der Waals surface area (Å²) in [6.07, 6.45) is 1.18. The van der Waals surface area contributed by atoms with Crippen LogP contribution in [0.2, 0.25) is 0 Å². The third-order valence-electron chi connectivity index (χ3n) is 3.57. The van der Waals surface area contributed by atoms with Crippen molar-refractivity contribution in [3.8, 4) is 0 Å². The summed E-state index contributed by atoms with van der Waals surface area (Å²) in [6, 6.07) is 2.67. The summed E-state index contributed by atoms with van der Waals surface area (Å²) in [5.41, 5.74) is 0.369. The minimum Gasteiger partial charge on any atom is -0.312 e. The molecule has 0 aromatic carbocycles. The van der Waals surface area contributed by atoms with E-state index in [4.69, 9.17) is 0 Å². The molecular weight excluding hydrogens is 294 g/mol. The highest BCUT2D eigenvalue weighted by atomic mass is 79.9. The Morgan fingerprint density at radius 1 is 1.41 bits per heavy atom. The first-order valence-electron chi connectivity index (χ1n) is 6.18. The molecule has 0 bridgehead atoms. The van der Waals surface area contributed by atoms with Crippen LogP contribution in [0, 0.1) is 18.3 Å². The SMILES string of the molecule is CNC(CC(C)C(C)(C)C)c1sc(C)cc1Br. The van der Waals surface area contributed by atoms with E-state index in [-0.39, 0.29) is 0 Å². The van der Waals surface area contributed by atoms with Crippen molar-refractivity contribution >= 4 is 27.3 Å². The van der Waals surface area contributed by atoms with Gasteiger partial charge in [-0.3, -0.25) is 0 Å². The lowest BCUT2D eigenvalue weighted by Gasteiger charge is -2.30. The second-order valence-corrected chi connectivity index (χ2v) is 8.06. The molecule has 17 heavy (non-hydrogen) atoms. The fourth-order valence-corrected chi connectivity index (χ4v) is 3.85. The normalized spacial score (nSPS) is 15.9.